The maximum Gasteiger partial charge on any atom is 0.326 e. The minimum Gasteiger partial charge on any atom is -0.480 e. The number of nitrogens with zero attached hydrogens (tertiary/aromatic N) is 2. The molecular formula is C13H22N2O5. The molecule has 0 aromatic heterocycles. The predicted octanol–water partition coefficient (Wildman–Crippen LogP) is 0.391. The van der Waals surface area contributed by atoms with Crippen LogP contribution in [0.4, 0.5) is 4.79 Å². The number of likely N-dealkylation sites (tertiary alicyclic amines) is 1. The molecule has 2 saturated heterocycles. The van der Waals surface area contributed by atoms with Crippen LogP contribution in [0, 0.1) is 0 Å². The van der Waals surface area contributed by atoms with Gasteiger partial charge in [0.15, 0.2) is 0 Å². The van der Waals surface area contributed by atoms with Crippen molar-refractivity contribution in [3.05, 3.63) is 0 Å². The highest BCUT2D eigenvalue weighted by Gasteiger charge is 2.41. The highest BCUT2D eigenvalue weighted by atomic mass is 16.5. The molecule has 1 N–H and O–H groups in total. The van der Waals surface area contributed by atoms with Crippen LogP contribution in [0.5, 0.6) is 0 Å². The van der Waals surface area contributed by atoms with E-state index < -0.39 is 12.0 Å². The fourth-order valence-electron chi connectivity index (χ4n) is 2.76. The van der Waals surface area contributed by atoms with E-state index in [9.17, 15) is 14.7 Å². The van der Waals surface area contributed by atoms with Crippen LogP contribution in [0.15, 0.2) is 0 Å². The Labute approximate surface area is 118 Å². The SMILES string of the molecule is COC1CC(C(=O)O)N(C(=O)N2CCCOC(C)C2)C1. The minimum absolute atomic E-state index is 0.0226. The lowest BCUT2D eigenvalue weighted by molar-refractivity contribution is -0.141. The Kier molecular flexibility index (Phi) is 4.82. The Hall–Kier alpha value is -1.34. The first-order chi connectivity index (χ1) is 9.52. The summed E-state index contributed by atoms with van der Waals surface area (Å²) >= 11 is 0. The number of hydrogen-bond acceptors (Lipinski definition) is 4. The van der Waals surface area contributed by atoms with Crippen molar-refractivity contribution in [3.63, 3.8) is 0 Å². The Bertz CT molecular complexity index is 376. The third kappa shape index (κ3) is 3.21. The maximum absolute atomic E-state index is 12.6. The number of methoxy groups -OCH3 is 1. The second kappa shape index (κ2) is 6.41. The van der Waals surface area contributed by atoms with Gasteiger partial charge >= 0.3 is 12.0 Å². The van der Waals surface area contributed by atoms with E-state index in [0.29, 0.717) is 32.7 Å². The summed E-state index contributed by atoms with van der Waals surface area (Å²) in [6, 6.07) is -1.03. The van der Waals surface area contributed by atoms with Gasteiger partial charge in [0.1, 0.15) is 6.04 Å². The van der Waals surface area contributed by atoms with Crippen LogP contribution in [0.1, 0.15) is 19.8 Å². The molecule has 0 radical (unpaired) electrons. The number of rotatable bonds is 2. The van der Waals surface area contributed by atoms with Crippen molar-refractivity contribution in [2.24, 2.45) is 0 Å². The Morgan fingerprint density at radius 3 is 2.75 bits per heavy atom. The number of aliphatic carboxylic acids is 1. The zero-order chi connectivity index (χ0) is 14.7. The van der Waals surface area contributed by atoms with E-state index in [-0.39, 0.29) is 18.2 Å². The summed E-state index contributed by atoms with van der Waals surface area (Å²) in [5.41, 5.74) is 0. The molecule has 20 heavy (non-hydrogen) atoms. The van der Waals surface area contributed by atoms with Crippen LogP contribution >= 0.6 is 0 Å². The largest absolute Gasteiger partial charge is 0.480 e. The summed E-state index contributed by atoms with van der Waals surface area (Å²) in [4.78, 5) is 27.0. The first kappa shape index (κ1) is 15.1. The number of carbonyl (C=O) groups excluding carboxylic acids is 1. The smallest absolute Gasteiger partial charge is 0.326 e. The van der Waals surface area contributed by atoms with Crippen molar-refractivity contribution in [1.82, 2.24) is 9.80 Å². The van der Waals surface area contributed by atoms with Gasteiger partial charge < -0.3 is 24.4 Å². The van der Waals surface area contributed by atoms with Crippen molar-refractivity contribution in [2.45, 2.75) is 38.0 Å². The van der Waals surface area contributed by atoms with E-state index in [4.69, 9.17) is 9.47 Å². The van der Waals surface area contributed by atoms with Crippen LogP contribution in [-0.4, -0.2) is 78.5 Å². The topological polar surface area (TPSA) is 79.3 Å². The molecule has 2 aliphatic heterocycles. The maximum atomic E-state index is 12.6. The van der Waals surface area contributed by atoms with Crippen molar-refractivity contribution in [2.75, 3.05) is 33.4 Å². The van der Waals surface area contributed by atoms with Crippen molar-refractivity contribution in [1.29, 1.82) is 0 Å². The van der Waals surface area contributed by atoms with Gasteiger partial charge in [-0.25, -0.2) is 9.59 Å². The lowest BCUT2D eigenvalue weighted by Gasteiger charge is -2.30. The molecule has 7 heteroatoms. The van der Waals surface area contributed by atoms with Crippen molar-refractivity contribution < 1.29 is 24.2 Å². The van der Waals surface area contributed by atoms with E-state index in [1.165, 1.54) is 4.90 Å². The van der Waals surface area contributed by atoms with E-state index in [1.807, 2.05) is 6.92 Å². The highest BCUT2D eigenvalue weighted by molar-refractivity contribution is 5.83. The zero-order valence-electron chi connectivity index (χ0n) is 11.9. The molecule has 0 saturated carbocycles. The number of hydrogen-bond donors (Lipinski definition) is 1. The van der Waals surface area contributed by atoms with Crippen LogP contribution in [0.25, 0.3) is 0 Å². The number of urea groups is 1. The van der Waals surface area contributed by atoms with Gasteiger partial charge in [-0.1, -0.05) is 0 Å². The van der Waals surface area contributed by atoms with Gasteiger partial charge in [0.25, 0.3) is 0 Å². The number of amides is 2. The van der Waals surface area contributed by atoms with Gasteiger partial charge in [0, 0.05) is 39.8 Å². The lowest BCUT2D eigenvalue weighted by atomic mass is 10.2. The molecule has 3 unspecified atom stereocenters. The van der Waals surface area contributed by atoms with E-state index >= 15 is 0 Å². The second-order valence-corrected chi connectivity index (χ2v) is 5.36. The van der Waals surface area contributed by atoms with Gasteiger partial charge in [-0.2, -0.15) is 0 Å². The average Bonchev–Trinajstić information content (AvgIpc) is 2.74. The van der Waals surface area contributed by atoms with Crippen LogP contribution < -0.4 is 0 Å². The molecule has 0 aromatic carbocycles. The van der Waals surface area contributed by atoms with Crippen molar-refractivity contribution in [3.8, 4) is 0 Å². The number of carbonyl (C=O) groups is 2. The Morgan fingerprint density at radius 2 is 2.10 bits per heavy atom. The lowest BCUT2D eigenvalue weighted by Crippen LogP contribution is -2.49. The van der Waals surface area contributed by atoms with E-state index in [0.717, 1.165) is 6.42 Å². The Balaban J connectivity index is 2.07. The normalized spacial score (nSPS) is 31.2. The fraction of sp³-hybridized carbons (Fsp3) is 0.846. The summed E-state index contributed by atoms with van der Waals surface area (Å²) in [6.45, 7) is 3.98. The molecule has 2 fully saturated rings. The highest BCUT2D eigenvalue weighted by Crippen LogP contribution is 2.22. The van der Waals surface area contributed by atoms with Gasteiger partial charge in [-0.05, 0) is 13.3 Å². The minimum atomic E-state index is -0.975. The van der Waals surface area contributed by atoms with Crippen LogP contribution in [-0.2, 0) is 14.3 Å². The van der Waals surface area contributed by atoms with Gasteiger partial charge in [0.2, 0.25) is 0 Å². The monoisotopic (exact) mass is 286 g/mol. The van der Waals surface area contributed by atoms with Gasteiger partial charge in [-0.3, -0.25) is 0 Å². The summed E-state index contributed by atoms with van der Waals surface area (Å²) in [5.74, 6) is -0.975. The number of carboxylic acid groups (broad SMARTS) is 1. The molecule has 0 aliphatic carbocycles. The summed E-state index contributed by atoms with van der Waals surface area (Å²) in [6.07, 6.45) is 0.888. The molecule has 3 atom stereocenters. The van der Waals surface area contributed by atoms with Crippen LogP contribution in [0.3, 0.4) is 0 Å². The zero-order valence-corrected chi connectivity index (χ0v) is 11.9. The molecule has 2 amide bonds. The molecule has 2 aliphatic rings. The molecule has 0 bridgehead atoms. The van der Waals surface area contributed by atoms with E-state index in [1.54, 1.807) is 12.0 Å². The summed E-state index contributed by atoms with van der Waals surface area (Å²) in [5, 5.41) is 9.26. The summed E-state index contributed by atoms with van der Waals surface area (Å²) in [7, 11) is 1.54. The van der Waals surface area contributed by atoms with E-state index in [2.05, 4.69) is 0 Å². The standard InChI is InChI=1S/C13H22N2O5/c1-9-7-14(4-3-5-20-9)13(18)15-8-10(19-2)6-11(15)12(16)17/h9-11H,3-8H2,1-2H3,(H,16,17). The quantitative estimate of drug-likeness (QED) is 0.794. The molecule has 2 heterocycles. The third-order valence-corrected chi connectivity index (χ3v) is 3.85. The average molecular weight is 286 g/mol. The predicted molar refractivity (Wildman–Crippen MR) is 70.5 cm³/mol. The molecule has 0 spiro atoms. The summed E-state index contributed by atoms with van der Waals surface area (Å²) < 4.78 is 10.7. The number of carboxylic acids is 1. The molecule has 114 valence electrons. The van der Waals surface area contributed by atoms with Gasteiger partial charge in [-0.15, -0.1) is 0 Å². The first-order valence-electron chi connectivity index (χ1n) is 6.95. The number of ether oxygens (including phenoxy) is 2. The third-order valence-electron chi connectivity index (χ3n) is 3.85. The Morgan fingerprint density at radius 1 is 1.35 bits per heavy atom. The molecule has 2 rings (SSSR count). The van der Waals surface area contributed by atoms with Gasteiger partial charge in [0.05, 0.1) is 12.2 Å². The molecule has 7 nitrogen and oxygen atoms in total. The second-order valence-electron chi connectivity index (χ2n) is 5.36. The first-order valence-corrected chi connectivity index (χ1v) is 6.95. The molecule has 0 aromatic rings. The van der Waals surface area contributed by atoms with Crippen LogP contribution in [0.2, 0.25) is 0 Å². The molecular weight excluding hydrogens is 264 g/mol. The fourth-order valence-corrected chi connectivity index (χ4v) is 2.76. The van der Waals surface area contributed by atoms with Crippen molar-refractivity contribution >= 4 is 12.0 Å².